The van der Waals surface area contributed by atoms with Crippen LogP contribution in [0.2, 0.25) is 5.15 Å². The number of rotatable bonds is 7. The third-order valence-corrected chi connectivity index (χ3v) is 4.45. The van der Waals surface area contributed by atoms with Crippen molar-refractivity contribution in [1.29, 1.82) is 0 Å². The van der Waals surface area contributed by atoms with Gasteiger partial charge in [-0.1, -0.05) is 48.4 Å². The highest BCUT2D eigenvalue weighted by molar-refractivity contribution is 6.33. The first kappa shape index (κ1) is 18.5. The van der Waals surface area contributed by atoms with Crippen molar-refractivity contribution in [3.63, 3.8) is 0 Å². The van der Waals surface area contributed by atoms with Gasteiger partial charge < -0.3 is 10.2 Å². The smallest absolute Gasteiger partial charge is 0.256 e. The van der Waals surface area contributed by atoms with Crippen LogP contribution in [0.15, 0.2) is 24.3 Å². The van der Waals surface area contributed by atoms with E-state index in [-0.39, 0.29) is 5.91 Å². The number of nitrogens with zero attached hydrogens (tertiary/aromatic N) is 3. The molecule has 6 heteroatoms. The van der Waals surface area contributed by atoms with Crippen LogP contribution in [0.4, 0.5) is 0 Å². The minimum atomic E-state index is -0.169. The summed E-state index contributed by atoms with van der Waals surface area (Å²) in [4.78, 5) is 14.5. The second kappa shape index (κ2) is 8.31. The molecule has 1 aromatic carbocycles. The standard InChI is InChI=1S/C18H25ClN4O/c1-5-22(4)11-10-20-18(24)16-14(3)21-23(17(16)19)12-15-8-6-13(2)7-9-15/h6-9H,5,10-12H2,1-4H3,(H,20,24). The number of nitrogens with one attached hydrogen (secondary N) is 1. The third-order valence-electron chi connectivity index (χ3n) is 4.06. The van der Waals surface area contributed by atoms with Gasteiger partial charge in [-0.25, -0.2) is 4.68 Å². The molecule has 1 heterocycles. The van der Waals surface area contributed by atoms with Gasteiger partial charge in [0, 0.05) is 13.1 Å². The van der Waals surface area contributed by atoms with E-state index in [4.69, 9.17) is 11.6 Å². The van der Waals surface area contributed by atoms with Crippen molar-refractivity contribution in [2.75, 3.05) is 26.7 Å². The van der Waals surface area contributed by atoms with Crippen molar-refractivity contribution in [1.82, 2.24) is 20.0 Å². The Kier molecular flexibility index (Phi) is 6.40. The number of amides is 1. The maximum Gasteiger partial charge on any atom is 0.256 e. The summed E-state index contributed by atoms with van der Waals surface area (Å²) in [6, 6.07) is 8.20. The first-order valence-corrected chi connectivity index (χ1v) is 8.55. The molecule has 2 rings (SSSR count). The Hall–Kier alpha value is -1.85. The van der Waals surface area contributed by atoms with Gasteiger partial charge in [-0.15, -0.1) is 0 Å². The minimum absolute atomic E-state index is 0.169. The maximum absolute atomic E-state index is 12.4. The number of aromatic nitrogens is 2. The molecule has 0 fully saturated rings. The van der Waals surface area contributed by atoms with Crippen LogP contribution in [-0.4, -0.2) is 47.3 Å². The highest BCUT2D eigenvalue weighted by Gasteiger charge is 2.20. The fraction of sp³-hybridized carbons (Fsp3) is 0.444. The topological polar surface area (TPSA) is 50.2 Å². The van der Waals surface area contributed by atoms with Crippen LogP contribution in [0.25, 0.3) is 0 Å². The highest BCUT2D eigenvalue weighted by atomic mass is 35.5. The van der Waals surface area contributed by atoms with Gasteiger partial charge in [0.15, 0.2) is 0 Å². The molecular weight excluding hydrogens is 324 g/mol. The zero-order valence-corrected chi connectivity index (χ0v) is 15.5. The van der Waals surface area contributed by atoms with Crippen LogP contribution in [-0.2, 0) is 6.54 Å². The van der Waals surface area contributed by atoms with E-state index in [1.807, 2.05) is 33.0 Å². The molecule has 1 aromatic heterocycles. The number of hydrogen-bond donors (Lipinski definition) is 1. The second-order valence-corrected chi connectivity index (χ2v) is 6.40. The van der Waals surface area contributed by atoms with Gasteiger partial charge in [0.05, 0.1) is 17.8 Å². The molecule has 0 radical (unpaired) electrons. The van der Waals surface area contributed by atoms with E-state index in [2.05, 4.69) is 34.4 Å². The average Bonchev–Trinajstić information content (AvgIpc) is 2.83. The fourth-order valence-electron chi connectivity index (χ4n) is 2.39. The summed E-state index contributed by atoms with van der Waals surface area (Å²) < 4.78 is 1.68. The van der Waals surface area contributed by atoms with Crippen LogP contribution in [0.3, 0.4) is 0 Å². The lowest BCUT2D eigenvalue weighted by Crippen LogP contribution is -2.33. The Morgan fingerprint density at radius 1 is 1.29 bits per heavy atom. The van der Waals surface area contributed by atoms with Crippen LogP contribution in [0.5, 0.6) is 0 Å². The molecule has 24 heavy (non-hydrogen) atoms. The van der Waals surface area contributed by atoms with E-state index in [1.54, 1.807) is 4.68 Å². The summed E-state index contributed by atoms with van der Waals surface area (Å²) in [5, 5.41) is 7.72. The molecule has 0 aliphatic rings. The largest absolute Gasteiger partial charge is 0.351 e. The van der Waals surface area contributed by atoms with Crippen molar-refractivity contribution in [2.45, 2.75) is 27.3 Å². The van der Waals surface area contributed by atoms with Gasteiger partial charge in [-0.05, 0) is 33.0 Å². The molecule has 0 saturated carbocycles. The predicted octanol–water partition coefficient (Wildman–Crippen LogP) is 2.88. The van der Waals surface area contributed by atoms with Crippen LogP contribution in [0.1, 0.15) is 34.1 Å². The Balaban J connectivity index is 2.07. The van der Waals surface area contributed by atoms with Gasteiger partial charge >= 0.3 is 0 Å². The maximum atomic E-state index is 12.4. The molecule has 0 atom stereocenters. The summed E-state index contributed by atoms with van der Waals surface area (Å²) in [6.45, 7) is 8.82. The number of carbonyl (C=O) groups excluding carboxylic acids is 1. The molecule has 2 aromatic rings. The van der Waals surface area contributed by atoms with Crippen LogP contribution in [0, 0.1) is 13.8 Å². The number of likely N-dealkylation sites (N-methyl/N-ethyl adjacent to an activating group) is 1. The van der Waals surface area contributed by atoms with E-state index < -0.39 is 0 Å². The number of halogens is 1. The Morgan fingerprint density at radius 3 is 2.58 bits per heavy atom. The van der Waals surface area contributed by atoms with Crippen LogP contribution >= 0.6 is 11.6 Å². The summed E-state index contributed by atoms with van der Waals surface area (Å²) >= 11 is 6.40. The van der Waals surface area contributed by atoms with Crippen molar-refractivity contribution in [2.24, 2.45) is 0 Å². The number of benzene rings is 1. The lowest BCUT2D eigenvalue weighted by atomic mass is 10.1. The Bertz CT molecular complexity index is 694. The fourth-order valence-corrected chi connectivity index (χ4v) is 2.71. The van der Waals surface area contributed by atoms with Crippen LogP contribution < -0.4 is 5.32 Å². The predicted molar refractivity (Wildman–Crippen MR) is 97.8 cm³/mol. The van der Waals surface area contributed by atoms with E-state index in [0.717, 1.165) is 18.7 Å². The quantitative estimate of drug-likeness (QED) is 0.837. The molecule has 0 bridgehead atoms. The number of hydrogen-bond acceptors (Lipinski definition) is 3. The zero-order chi connectivity index (χ0) is 17.7. The number of carbonyl (C=O) groups is 1. The first-order valence-electron chi connectivity index (χ1n) is 8.17. The highest BCUT2D eigenvalue weighted by Crippen LogP contribution is 2.21. The summed E-state index contributed by atoms with van der Waals surface area (Å²) in [5.41, 5.74) is 3.41. The molecule has 0 aliphatic carbocycles. The lowest BCUT2D eigenvalue weighted by Gasteiger charge is -2.13. The molecular formula is C18H25ClN4O. The lowest BCUT2D eigenvalue weighted by molar-refractivity contribution is 0.0949. The Labute approximate surface area is 148 Å². The summed E-state index contributed by atoms with van der Waals surface area (Å²) in [7, 11) is 2.02. The minimum Gasteiger partial charge on any atom is -0.351 e. The first-order chi connectivity index (χ1) is 11.4. The summed E-state index contributed by atoms with van der Waals surface area (Å²) in [6.07, 6.45) is 0. The molecule has 0 unspecified atom stereocenters. The second-order valence-electron chi connectivity index (χ2n) is 6.05. The van der Waals surface area contributed by atoms with Gasteiger partial charge in [0.25, 0.3) is 5.91 Å². The summed E-state index contributed by atoms with van der Waals surface area (Å²) in [5.74, 6) is -0.169. The molecule has 1 amide bonds. The monoisotopic (exact) mass is 348 g/mol. The van der Waals surface area contributed by atoms with Gasteiger partial charge in [-0.2, -0.15) is 5.10 Å². The van der Waals surface area contributed by atoms with E-state index in [1.165, 1.54) is 5.56 Å². The van der Waals surface area contributed by atoms with E-state index in [9.17, 15) is 4.79 Å². The molecule has 0 saturated heterocycles. The zero-order valence-electron chi connectivity index (χ0n) is 14.8. The third kappa shape index (κ3) is 4.58. The average molecular weight is 349 g/mol. The number of aryl methyl sites for hydroxylation is 2. The molecule has 5 nitrogen and oxygen atoms in total. The molecule has 130 valence electrons. The van der Waals surface area contributed by atoms with E-state index in [0.29, 0.717) is 29.5 Å². The normalized spacial score (nSPS) is 11.1. The van der Waals surface area contributed by atoms with Crippen molar-refractivity contribution < 1.29 is 4.79 Å². The Morgan fingerprint density at radius 2 is 1.96 bits per heavy atom. The van der Waals surface area contributed by atoms with Gasteiger partial charge in [0.1, 0.15) is 5.15 Å². The van der Waals surface area contributed by atoms with Gasteiger partial charge in [-0.3, -0.25) is 4.79 Å². The van der Waals surface area contributed by atoms with Crippen molar-refractivity contribution in [3.05, 3.63) is 51.8 Å². The SMILES string of the molecule is CCN(C)CCNC(=O)c1c(C)nn(Cc2ccc(C)cc2)c1Cl. The molecule has 0 spiro atoms. The molecule has 0 aliphatic heterocycles. The van der Waals surface area contributed by atoms with E-state index >= 15 is 0 Å². The van der Waals surface area contributed by atoms with Gasteiger partial charge in [0.2, 0.25) is 0 Å². The van der Waals surface area contributed by atoms with Crippen molar-refractivity contribution >= 4 is 17.5 Å². The molecule has 1 N–H and O–H groups in total. The van der Waals surface area contributed by atoms with Crippen molar-refractivity contribution in [3.8, 4) is 0 Å².